The standard InChI is InChI=1S/C10H12N2S/c1-12-5-2-3-9(12)10(11)8-4-6-13-7-8/h2-7,10H,11H2,1H3/t10-/m1/s1. The molecule has 13 heavy (non-hydrogen) atoms. The number of aromatic nitrogens is 1. The molecule has 2 aromatic rings. The first-order valence-electron chi connectivity index (χ1n) is 4.18. The van der Waals surface area contributed by atoms with Crippen LogP contribution in [0.3, 0.4) is 0 Å². The van der Waals surface area contributed by atoms with Crippen LogP contribution in [0.5, 0.6) is 0 Å². The lowest BCUT2D eigenvalue weighted by molar-refractivity contribution is 0.749. The molecule has 3 heteroatoms. The van der Waals surface area contributed by atoms with Crippen molar-refractivity contribution in [3.05, 3.63) is 46.4 Å². The Labute approximate surface area is 81.6 Å². The average Bonchev–Trinajstić information content (AvgIpc) is 2.72. The predicted molar refractivity (Wildman–Crippen MR) is 55.8 cm³/mol. The fourth-order valence-electron chi connectivity index (χ4n) is 1.42. The summed E-state index contributed by atoms with van der Waals surface area (Å²) in [7, 11) is 2.02. The summed E-state index contributed by atoms with van der Waals surface area (Å²) in [6, 6.07) is 6.15. The quantitative estimate of drug-likeness (QED) is 0.776. The molecule has 0 unspecified atom stereocenters. The Morgan fingerprint density at radius 2 is 2.31 bits per heavy atom. The molecule has 0 aliphatic rings. The van der Waals surface area contributed by atoms with Crippen LogP contribution in [0.2, 0.25) is 0 Å². The molecular weight excluding hydrogens is 180 g/mol. The van der Waals surface area contributed by atoms with E-state index in [1.165, 1.54) is 5.56 Å². The Hall–Kier alpha value is -1.06. The second-order valence-corrected chi connectivity index (χ2v) is 3.86. The molecule has 0 amide bonds. The second kappa shape index (κ2) is 3.36. The molecule has 2 nitrogen and oxygen atoms in total. The van der Waals surface area contributed by atoms with E-state index in [0.717, 1.165) is 5.69 Å². The van der Waals surface area contributed by atoms with Gasteiger partial charge in [-0.1, -0.05) is 0 Å². The van der Waals surface area contributed by atoms with Crippen LogP contribution in [0.15, 0.2) is 35.2 Å². The molecular formula is C10H12N2S. The van der Waals surface area contributed by atoms with E-state index in [1.807, 2.05) is 19.3 Å². The van der Waals surface area contributed by atoms with Crippen molar-refractivity contribution in [1.82, 2.24) is 4.57 Å². The van der Waals surface area contributed by atoms with Gasteiger partial charge in [-0.25, -0.2) is 0 Å². The maximum atomic E-state index is 6.09. The predicted octanol–water partition coefficient (Wildman–Crippen LogP) is 2.13. The molecule has 0 saturated heterocycles. The molecule has 0 aromatic carbocycles. The molecule has 0 spiro atoms. The molecule has 2 rings (SSSR count). The Bertz CT molecular complexity index is 375. The number of hydrogen-bond acceptors (Lipinski definition) is 2. The van der Waals surface area contributed by atoms with E-state index >= 15 is 0 Å². The number of thiophene rings is 1. The van der Waals surface area contributed by atoms with Crippen LogP contribution >= 0.6 is 11.3 Å². The Morgan fingerprint density at radius 3 is 2.85 bits per heavy atom. The van der Waals surface area contributed by atoms with E-state index in [9.17, 15) is 0 Å². The Kier molecular flexibility index (Phi) is 2.20. The lowest BCUT2D eigenvalue weighted by Gasteiger charge is -2.10. The molecule has 2 N–H and O–H groups in total. The number of aryl methyl sites for hydroxylation is 1. The third-order valence-electron chi connectivity index (χ3n) is 2.20. The normalized spacial score (nSPS) is 13.1. The SMILES string of the molecule is Cn1cccc1[C@H](N)c1ccsc1. The van der Waals surface area contributed by atoms with Crippen molar-refractivity contribution in [2.75, 3.05) is 0 Å². The van der Waals surface area contributed by atoms with E-state index in [4.69, 9.17) is 5.73 Å². The Balaban J connectivity index is 2.33. The number of nitrogens with zero attached hydrogens (tertiary/aromatic N) is 1. The summed E-state index contributed by atoms with van der Waals surface area (Å²) in [5.74, 6) is 0. The van der Waals surface area contributed by atoms with Crippen molar-refractivity contribution in [1.29, 1.82) is 0 Å². The molecule has 0 bridgehead atoms. The van der Waals surface area contributed by atoms with Crippen molar-refractivity contribution >= 4 is 11.3 Å². The summed E-state index contributed by atoms with van der Waals surface area (Å²) in [4.78, 5) is 0. The molecule has 0 radical (unpaired) electrons. The average molecular weight is 192 g/mol. The van der Waals surface area contributed by atoms with Gasteiger partial charge in [-0.15, -0.1) is 0 Å². The number of rotatable bonds is 2. The highest BCUT2D eigenvalue weighted by molar-refractivity contribution is 7.07. The van der Waals surface area contributed by atoms with E-state index in [2.05, 4.69) is 27.5 Å². The number of nitrogens with two attached hydrogens (primary N) is 1. The van der Waals surface area contributed by atoms with Gasteiger partial charge in [0.15, 0.2) is 0 Å². The van der Waals surface area contributed by atoms with E-state index in [1.54, 1.807) is 11.3 Å². The molecule has 68 valence electrons. The van der Waals surface area contributed by atoms with Crippen LogP contribution in [0.1, 0.15) is 17.3 Å². The summed E-state index contributed by atoms with van der Waals surface area (Å²) in [5, 5.41) is 4.15. The first-order chi connectivity index (χ1) is 6.29. The van der Waals surface area contributed by atoms with Gasteiger partial charge in [0, 0.05) is 18.9 Å². The zero-order valence-corrected chi connectivity index (χ0v) is 8.29. The molecule has 0 fully saturated rings. The molecule has 2 aromatic heterocycles. The minimum absolute atomic E-state index is 0.00579. The van der Waals surface area contributed by atoms with Crippen molar-refractivity contribution in [3.8, 4) is 0 Å². The van der Waals surface area contributed by atoms with Gasteiger partial charge >= 0.3 is 0 Å². The van der Waals surface area contributed by atoms with Crippen LogP contribution in [-0.2, 0) is 7.05 Å². The first-order valence-corrected chi connectivity index (χ1v) is 5.12. The maximum Gasteiger partial charge on any atom is 0.0714 e. The van der Waals surface area contributed by atoms with Gasteiger partial charge in [0.05, 0.1) is 6.04 Å². The van der Waals surface area contributed by atoms with E-state index in [0.29, 0.717) is 0 Å². The highest BCUT2D eigenvalue weighted by Crippen LogP contribution is 2.21. The van der Waals surface area contributed by atoms with E-state index in [-0.39, 0.29) is 6.04 Å². The van der Waals surface area contributed by atoms with Gasteiger partial charge < -0.3 is 10.3 Å². The van der Waals surface area contributed by atoms with Gasteiger partial charge in [-0.2, -0.15) is 11.3 Å². The highest BCUT2D eigenvalue weighted by Gasteiger charge is 2.10. The van der Waals surface area contributed by atoms with Crippen LogP contribution in [-0.4, -0.2) is 4.57 Å². The van der Waals surface area contributed by atoms with Crippen LogP contribution in [0, 0.1) is 0 Å². The van der Waals surface area contributed by atoms with Crippen molar-refractivity contribution in [3.63, 3.8) is 0 Å². The van der Waals surface area contributed by atoms with Crippen LogP contribution in [0.4, 0.5) is 0 Å². The zero-order valence-electron chi connectivity index (χ0n) is 7.47. The fraction of sp³-hybridized carbons (Fsp3) is 0.200. The molecule has 0 aliphatic carbocycles. The number of hydrogen-bond donors (Lipinski definition) is 1. The molecule has 0 saturated carbocycles. The van der Waals surface area contributed by atoms with Gasteiger partial charge in [0.2, 0.25) is 0 Å². The summed E-state index contributed by atoms with van der Waals surface area (Å²) in [6.07, 6.45) is 2.02. The van der Waals surface area contributed by atoms with Crippen molar-refractivity contribution in [2.45, 2.75) is 6.04 Å². The highest BCUT2D eigenvalue weighted by atomic mass is 32.1. The van der Waals surface area contributed by atoms with Crippen molar-refractivity contribution < 1.29 is 0 Å². The monoisotopic (exact) mass is 192 g/mol. The smallest absolute Gasteiger partial charge is 0.0714 e. The Morgan fingerprint density at radius 1 is 1.46 bits per heavy atom. The maximum absolute atomic E-state index is 6.09. The molecule has 0 aliphatic heterocycles. The summed E-state index contributed by atoms with van der Waals surface area (Å²) < 4.78 is 2.06. The van der Waals surface area contributed by atoms with Crippen molar-refractivity contribution in [2.24, 2.45) is 12.8 Å². The largest absolute Gasteiger partial charge is 0.353 e. The lowest BCUT2D eigenvalue weighted by atomic mass is 10.1. The minimum atomic E-state index is 0.00579. The third-order valence-corrected chi connectivity index (χ3v) is 2.91. The summed E-state index contributed by atoms with van der Waals surface area (Å²) in [6.45, 7) is 0. The summed E-state index contributed by atoms with van der Waals surface area (Å²) >= 11 is 1.68. The topological polar surface area (TPSA) is 30.9 Å². The van der Waals surface area contributed by atoms with Gasteiger partial charge in [0.1, 0.15) is 0 Å². The minimum Gasteiger partial charge on any atom is -0.353 e. The molecule has 1 atom stereocenters. The zero-order chi connectivity index (χ0) is 9.26. The van der Waals surface area contributed by atoms with Crippen LogP contribution < -0.4 is 5.73 Å². The first kappa shape index (κ1) is 8.53. The van der Waals surface area contributed by atoms with Crippen LogP contribution in [0.25, 0.3) is 0 Å². The van der Waals surface area contributed by atoms with Gasteiger partial charge in [-0.05, 0) is 34.5 Å². The van der Waals surface area contributed by atoms with Gasteiger partial charge in [0.25, 0.3) is 0 Å². The summed E-state index contributed by atoms with van der Waals surface area (Å²) in [5.41, 5.74) is 8.43. The lowest BCUT2D eigenvalue weighted by Crippen LogP contribution is -2.14. The molecule has 2 heterocycles. The second-order valence-electron chi connectivity index (χ2n) is 3.08. The van der Waals surface area contributed by atoms with E-state index < -0.39 is 0 Å². The van der Waals surface area contributed by atoms with Gasteiger partial charge in [-0.3, -0.25) is 0 Å². The fourth-order valence-corrected chi connectivity index (χ4v) is 2.12. The third kappa shape index (κ3) is 1.53.